The van der Waals surface area contributed by atoms with Gasteiger partial charge in [-0.05, 0) is 33.2 Å². The highest BCUT2D eigenvalue weighted by Crippen LogP contribution is 2.21. The fourth-order valence-electron chi connectivity index (χ4n) is 2.18. The second-order valence-electron chi connectivity index (χ2n) is 5.25. The van der Waals surface area contributed by atoms with E-state index in [1.54, 1.807) is 4.90 Å². The van der Waals surface area contributed by atoms with Crippen molar-refractivity contribution in [3.63, 3.8) is 0 Å². The van der Waals surface area contributed by atoms with Gasteiger partial charge in [-0.15, -0.1) is 0 Å². The molecule has 1 fully saturated rings. The Balaban J connectivity index is 2.49. The average Bonchev–Trinajstić information content (AvgIpc) is 2.28. The third-order valence-electron chi connectivity index (χ3n) is 3.38. The van der Waals surface area contributed by atoms with Crippen LogP contribution in [0.15, 0.2) is 0 Å². The molecule has 2 N–H and O–H groups in total. The minimum Gasteiger partial charge on any atom is -0.382 e. The van der Waals surface area contributed by atoms with Crippen LogP contribution in [0.4, 0.5) is 13.2 Å². The lowest BCUT2D eigenvalue weighted by atomic mass is 10.0. The maximum absolute atomic E-state index is 12.4. The second kappa shape index (κ2) is 6.73. The normalized spacial score (nSPS) is 23.7. The summed E-state index contributed by atoms with van der Waals surface area (Å²) in [5.41, 5.74) is 0. The molecule has 0 amide bonds. The van der Waals surface area contributed by atoms with E-state index in [1.165, 1.54) is 0 Å². The van der Waals surface area contributed by atoms with Crippen LogP contribution in [0.25, 0.3) is 0 Å². The number of rotatable bonds is 5. The van der Waals surface area contributed by atoms with Gasteiger partial charge in [-0.3, -0.25) is 4.90 Å². The van der Waals surface area contributed by atoms with Crippen LogP contribution >= 0.6 is 0 Å². The first kappa shape index (κ1) is 15.7. The summed E-state index contributed by atoms with van der Waals surface area (Å²) < 4.78 is 37.1. The number of aliphatic hydroxyl groups excluding tert-OH is 1. The van der Waals surface area contributed by atoms with Gasteiger partial charge in [0, 0.05) is 25.2 Å². The van der Waals surface area contributed by atoms with E-state index in [0.29, 0.717) is 6.54 Å². The summed E-state index contributed by atoms with van der Waals surface area (Å²) in [7, 11) is 0. The smallest absolute Gasteiger partial charge is 0.382 e. The molecule has 0 aromatic heterocycles. The Hall–Kier alpha value is -0.330. The Bertz CT molecular complexity index is 240. The lowest BCUT2D eigenvalue weighted by Crippen LogP contribution is -2.50. The average molecular weight is 268 g/mol. The van der Waals surface area contributed by atoms with E-state index in [1.807, 2.05) is 13.8 Å². The van der Waals surface area contributed by atoms with E-state index in [2.05, 4.69) is 5.32 Å². The van der Waals surface area contributed by atoms with Crippen LogP contribution in [0.1, 0.15) is 33.1 Å². The topological polar surface area (TPSA) is 35.5 Å². The molecule has 3 nitrogen and oxygen atoms in total. The van der Waals surface area contributed by atoms with Gasteiger partial charge in [-0.2, -0.15) is 13.2 Å². The summed E-state index contributed by atoms with van der Waals surface area (Å²) in [5.74, 6) is 0. The zero-order valence-electron chi connectivity index (χ0n) is 11.0. The van der Waals surface area contributed by atoms with Crippen LogP contribution in [0, 0.1) is 0 Å². The molecule has 1 rings (SSSR count). The highest BCUT2D eigenvalue weighted by Gasteiger charge is 2.39. The molecule has 0 aromatic rings. The highest BCUT2D eigenvalue weighted by atomic mass is 19.4. The Labute approximate surface area is 106 Å². The first-order valence-corrected chi connectivity index (χ1v) is 6.53. The maximum Gasteiger partial charge on any atom is 0.415 e. The highest BCUT2D eigenvalue weighted by molar-refractivity contribution is 4.80. The number of nitrogens with zero attached hydrogens (tertiary/aromatic N) is 1. The Morgan fingerprint density at radius 2 is 2.00 bits per heavy atom. The number of piperidine rings is 1. The van der Waals surface area contributed by atoms with Crippen LogP contribution in [-0.2, 0) is 0 Å². The predicted octanol–water partition coefficient (Wildman–Crippen LogP) is 1.76. The van der Waals surface area contributed by atoms with E-state index < -0.39 is 12.3 Å². The van der Waals surface area contributed by atoms with Gasteiger partial charge in [-0.25, -0.2) is 0 Å². The number of aliphatic hydroxyl groups is 1. The number of halogens is 3. The monoisotopic (exact) mass is 268 g/mol. The number of hydrogen-bond donors (Lipinski definition) is 2. The van der Waals surface area contributed by atoms with Crippen molar-refractivity contribution in [2.75, 3.05) is 19.6 Å². The third-order valence-corrected chi connectivity index (χ3v) is 3.38. The third kappa shape index (κ3) is 5.12. The van der Waals surface area contributed by atoms with Crippen LogP contribution in [0.2, 0.25) is 0 Å². The number of alkyl halides is 3. The molecule has 18 heavy (non-hydrogen) atoms. The standard InChI is InChI=1S/C12H23F3N2O/c1-9(2)17(8-11(18)12(13,14)15)7-10-5-3-4-6-16-10/h9-11,16,18H,3-8H2,1-2H3. The van der Waals surface area contributed by atoms with Crippen molar-refractivity contribution in [1.29, 1.82) is 0 Å². The lowest BCUT2D eigenvalue weighted by molar-refractivity contribution is -0.209. The van der Waals surface area contributed by atoms with E-state index in [9.17, 15) is 13.2 Å². The number of nitrogens with one attached hydrogen (secondary N) is 1. The fourth-order valence-corrected chi connectivity index (χ4v) is 2.18. The van der Waals surface area contributed by atoms with Crippen LogP contribution < -0.4 is 5.32 Å². The van der Waals surface area contributed by atoms with E-state index in [0.717, 1.165) is 25.8 Å². The summed E-state index contributed by atoms with van der Waals surface area (Å²) in [5, 5.41) is 12.5. The molecule has 1 aliphatic heterocycles. The molecular formula is C12H23F3N2O. The molecule has 2 unspecified atom stereocenters. The van der Waals surface area contributed by atoms with Gasteiger partial charge < -0.3 is 10.4 Å². The van der Waals surface area contributed by atoms with E-state index in [4.69, 9.17) is 5.11 Å². The number of hydrogen-bond acceptors (Lipinski definition) is 3. The summed E-state index contributed by atoms with van der Waals surface area (Å²) in [6.07, 6.45) is -3.56. The molecule has 6 heteroatoms. The maximum atomic E-state index is 12.4. The van der Waals surface area contributed by atoms with Crippen LogP contribution in [-0.4, -0.2) is 54.0 Å². The first-order chi connectivity index (χ1) is 8.30. The van der Waals surface area contributed by atoms with Gasteiger partial charge >= 0.3 is 6.18 Å². The molecule has 0 saturated carbocycles. The summed E-state index contributed by atoms with van der Waals surface area (Å²) in [6.45, 7) is 4.85. The van der Waals surface area contributed by atoms with Crippen molar-refractivity contribution in [3.8, 4) is 0 Å². The van der Waals surface area contributed by atoms with Gasteiger partial charge in [0.1, 0.15) is 0 Å². The second-order valence-corrected chi connectivity index (χ2v) is 5.25. The van der Waals surface area contributed by atoms with E-state index in [-0.39, 0.29) is 18.6 Å². The van der Waals surface area contributed by atoms with Gasteiger partial charge in [-0.1, -0.05) is 6.42 Å². The zero-order chi connectivity index (χ0) is 13.8. The molecule has 0 aromatic carbocycles. The van der Waals surface area contributed by atoms with Crippen molar-refractivity contribution in [3.05, 3.63) is 0 Å². The Kier molecular flexibility index (Phi) is 5.88. The fraction of sp³-hybridized carbons (Fsp3) is 1.00. The molecule has 0 bridgehead atoms. The van der Waals surface area contributed by atoms with Crippen LogP contribution in [0.5, 0.6) is 0 Å². The molecule has 1 aliphatic rings. The molecule has 0 spiro atoms. The van der Waals surface area contributed by atoms with Crippen molar-refractivity contribution < 1.29 is 18.3 Å². The van der Waals surface area contributed by atoms with E-state index >= 15 is 0 Å². The summed E-state index contributed by atoms with van der Waals surface area (Å²) >= 11 is 0. The molecule has 2 atom stereocenters. The SMILES string of the molecule is CC(C)N(CC1CCCCN1)CC(O)C(F)(F)F. The van der Waals surface area contributed by atoms with Gasteiger partial charge in [0.25, 0.3) is 0 Å². The van der Waals surface area contributed by atoms with Crippen molar-refractivity contribution in [2.24, 2.45) is 0 Å². The molecule has 1 heterocycles. The molecule has 108 valence electrons. The Morgan fingerprint density at radius 3 is 2.44 bits per heavy atom. The van der Waals surface area contributed by atoms with Gasteiger partial charge in [0.15, 0.2) is 6.10 Å². The summed E-state index contributed by atoms with van der Waals surface area (Å²) in [6, 6.07) is 0.229. The molecule has 0 aliphatic carbocycles. The minimum absolute atomic E-state index is 0.00859. The van der Waals surface area contributed by atoms with Crippen molar-refractivity contribution in [2.45, 2.75) is 57.5 Å². The molecule has 1 saturated heterocycles. The van der Waals surface area contributed by atoms with Gasteiger partial charge in [0.2, 0.25) is 0 Å². The largest absolute Gasteiger partial charge is 0.415 e. The van der Waals surface area contributed by atoms with Crippen molar-refractivity contribution in [1.82, 2.24) is 10.2 Å². The summed E-state index contributed by atoms with van der Waals surface area (Å²) in [4.78, 5) is 1.70. The quantitative estimate of drug-likeness (QED) is 0.797. The predicted molar refractivity (Wildman–Crippen MR) is 64.4 cm³/mol. The molecular weight excluding hydrogens is 245 g/mol. The van der Waals surface area contributed by atoms with Gasteiger partial charge in [0.05, 0.1) is 0 Å². The van der Waals surface area contributed by atoms with Crippen molar-refractivity contribution >= 4 is 0 Å². The minimum atomic E-state index is -4.53. The molecule has 0 radical (unpaired) electrons. The Morgan fingerprint density at radius 1 is 1.33 bits per heavy atom. The van der Waals surface area contributed by atoms with Crippen LogP contribution in [0.3, 0.4) is 0 Å². The lowest BCUT2D eigenvalue weighted by Gasteiger charge is -2.34. The first-order valence-electron chi connectivity index (χ1n) is 6.53. The zero-order valence-corrected chi connectivity index (χ0v) is 11.0.